The van der Waals surface area contributed by atoms with Crippen LogP contribution in [0.2, 0.25) is 0 Å². The van der Waals surface area contributed by atoms with Crippen molar-refractivity contribution in [2.45, 2.75) is 53.0 Å². The number of guanidine groups is 1. The molecule has 0 aromatic carbocycles. The molecule has 0 saturated heterocycles. The highest BCUT2D eigenvalue weighted by Gasteiger charge is 2.37. The second kappa shape index (κ2) is 10.0. The molecule has 142 valence electrons. The molecule has 4 N–H and O–H groups in total. The fourth-order valence-electron chi connectivity index (χ4n) is 3.36. The maximum absolute atomic E-state index is 11.1. The lowest BCUT2D eigenvalue weighted by Gasteiger charge is -2.43. The zero-order valence-electron chi connectivity index (χ0n) is 15.4. The topological polar surface area (TPSA) is 92.6 Å². The molecular formula is C18H31IN4O2. The number of furan rings is 1. The van der Waals surface area contributed by atoms with Gasteiger partial charge in [0.25, 0.3) is 5.91 Å². The number of carbonyl (C=O) groups is 1. The Labute approximate surface area is 167 Å². The first-order chi connectivity index (χ1) is 11.4. The SMILES string of the molecule is CCNC(=NCc1ccc(C(N)=O)o1)NCC1(CC(C)C)CCC1.I. The number of nitrogens with two attached hydrogens (primary N) is 1. The number of halogens is 1. The van der Waals surface area contributed by atoms with Gasteiger partial charge >= 0.3 is 0 Å². The van der Waals surface area contributed by atoms with E-state index >= 15 is 0 Å². The molecule has 1 aliphatic carbocycles. The highest BCUT2D eigenvalue weighted by Crippen LogP contribution is 2.45. The van der Waals surface area contributed by atoms with E-state index in [0.717, 1.165) is 19.0 Å². The first-order valence-electron chi connectivity index (χ1n) is 8.85. The lowest BCUT2D eigenvalue weighted by molar-refractivity contribution is 0.0972. The van der Waals surface area contributed by atoms with Gasteiger partial charge in [-0.15, -0.1) is 24.0 Å². The van der Waals surface area contributed by atoms with E-state index in [1.54, 1.807) is 12.1 Å². The van der Waals surface area contributed by atoms with E-state index in [4.69, 9.17) is 10.2 Å². The van der Waals surface area contributed by atoms with Crippen LogP contribution in [0.1, 0.15) is 62.8 Å². The van der Waals surface area contributed by atoms with Crippen molar-refractivity contribution in [3.8, 4) is 0 Å². The van der Waals surface area contributed by atoms with Crippen molar-refractivity contribution in [1.82, 2.24) is 10.6 Å². The predicted octanol–water partition coefficient (Wildman–Crippen LogP) is 3.27. The van der Waals surface area contributed by atoms with Crippen molar-refractivity contribution < 1.29 is 9.21 Å². The summed E-state index contributed by atoms with van der Waals surface area (Å²) in [5, 5.41) is 6.74. The lowest BCUT2D eigenvalue weighted by atomic mass is 9.64. The van der Waals surface area contributed by atoms with E-state index in [1.165, 1.54) is 25.7 Å². The summed E-state index contributed by atoms with van der Waals surface area (Å²) in [7, 11) is 0. The Morgan fingerprint density at radius 3 is 2.56 bits per heavy atom. The van der Waals surface area contributed by atoms with Gasteiger partial charge in [-0.25, -0.2) is 4.99 Å². The molecule has 1 aliphatic rings. The third-order valence-electron chi connectivity index (χ3n) is 4.53. The van der Waals surface area contributed by atoms with Gasteiger partial charge in [0.1, 0.15) is 12.3 Å². The lowest BCUT2D eigenvalue weighted by Crippen LogP contribution is -2.47. The third-order valence-corrected chi connectivity index (χ3v) is 4.53. The number of nitrogens with zero attached hydrogens (tertiary/aromatic N) is 1. The number of hydrogen-bond acceptors (Lipinski definition) is 3. The summed E-state index contributed by atoms with van der Waals surface area (Å²) in [6.45, 7) is 8.73. The average Bonchev–Trinajstić information content (AvgIpc) is 2.95. The van der Waals surface area contributed by atoms with Gasteiger partial charge in [-0.3, -0.25) is 4.79 Å². The molecule has 6 nitrogen and oxygen atoms in total. The van der Waals surface area contributed by atoms with Crippen LogP contribution in [0.3, 0.4) is 0 Å². The first kappa shape index (κ1) is 21.8. The molecule has 1 aromatic heterocycles. The second-order valence-electron chi connectivity index (χ2n) is 7.13. The fourth-order valence-corrected chi connectivity index (χ4v) is 3.36. The van der Waals surface area contributed by atoms with Crippen molar-refractivity contribution in [2.75, 3.05) is 13.1 Å². The Balaban J connectivity index is 0.00000312. The van der Waals surface area contributed by atoms with Crippen LogP contribution in [0, 0.1) is 11.3 Å². The second-order valence-corrected chi connectivity index (χ2v) is 7.13. The summed E-state index contributed by atoms with van der Waals surface area (Å²) >= 11 is 0. The van der Waals surface area contributed by atoms with Gasteiger partial charge in [-0.05, 0) is 49.7 Å². The quantitative estimate of drug-likeness (QED) is 0.314. The summed E-state index contributed by atoms with van der Waals surface area (Å²) in [5.74, 6) is 1.73. The van der Waals surface area contributed by atoms with E-state index in [0.29, 0.717) is 23.6 Å². The predicted molar refractivity (Wildman–Crippen MR) is 111 cm³/mol. The molecule has 0 spiro atoms. The summed E-state index contributed by atoms with van der Waals surface area (Å²) < 4.78 is 5.37. The molecule has 0 radical (unpaired) electrons. The van der Waals surface area contributed by atoms with Gasteiger partial charge in [0, 0.05) is 13.1 Å². The standard InChI is InChI=1S/C18H30N4O2.HI/c1-4-20-17(21-11-14-6-7-15(24-14)16(19)23)22-12-18(8-5-9-18)10-13(2)3;/h6-7,13H,4-5,8-12H2,1-3H3,(H2,19,23)(H2,20,21,22);1H. The molecule has 1 fully saturated rings. The van der Waals surface area contributed by atoms with Crippen molar-refractivity contribution in [1.29, 1.82) is 0 Å². The molecule has 1 aromatic rings. The van der Waals surface area contributed by atoms with Gasteiger partial charge in [0.15, 0.2) is 11.7 Å². The largest absolute Gasteiger partial charge is 0.454 e. The van der Waals surface area contributed by atoms with Crippen molar-refractivity contribution in [3.05, 3.63) is 23.7 Å². The normalized spacial score (nSPS) is 16.1. The third kappa shape index (κ3) is 6.52. The number of hydrogen-bond donors (Lipinski definition) is 3. The number of rotatable bonds is 8. The number of nitrogens with one attached hydrogen (secondary N) is 2. The van der Waals surface area contributed by atoms with Gasteiger partial charge < -0.3 is 20.8 Å². The summed E-state index contributed by atoms with van der Waals surface area (Å²) in [5.41, 5.74) is 5.61. The van der Waals surface area contributed by atoms with E-state index < -0.39 is 5.91 Å². The Morgan fingerprint density at radius 1 is 1.36 bits per heavy atom. The molecule has 0 atom stereocenters. The van der Waals surface area contributed by atoms with Crippen LogP contribution in [0.4, 0.5) is 0 Å². The Kier molecular flexibility index (Phi) is 8.75. The molecule has 2 rings (SSSR count). The van der Waals surface area contributed by atoms with Crippen molar-refractivity contribution >= 4 is 35.8 Å². The maximum atomic E-state index is 11.1. The van der Waals surface area contributed by atoms with Gasteiger partial charge in [-0.2, -0.15) is 0 Å². The Hall–Kier alpha value is -1.25. The molecule has 0 bridgehead atoms. The van der Waals surface area contributed by atoms with Crippen LogP contribution < -0.4 is 16.4 Å². The number of aliphatic imine (C=N–C) groups is 1. The van der Waals surface area contributed by atoms with Crippen molar-refractivity contribution in [3.63, 3.8) is 0 Å². The molecule has 1 heterocycles. The van der Waals surface area contributed by atoms with Gasteiger partial charge in [0.05, 0.1) is 0 Å². The molecule has 0 aliphatic heterocycles. The Bertz CT molecular complexity index is 579. The minimum absolute atomic E-state index is 0. The molecular weight excluding hydrogens is 431 g/mol. The van der Waals surface area contributed by atoms with Crippen LogP contribution in [0.15, 0.2) is 21.5 Å². The van der Waals surface area contributed by atoms with E-state index in [9.17, 15) is 4.79 Å². The van der Waals surface area contributed by atoms with Crippen LogP contribution in [-0.2, 0) is 6.54 Å². The van der Waals surface area contributed by atoms with Crippen LogP contribution in [0.5, 0.6) is 0 Å². The first-order valence-corrected chi connectivity index (χ1v) is 8.85. The molecule has 0 unspecified atom stereocenters. The smallest absolute Gasteiger partial charge is 0.284 e. The van der Waals surface area contributed by atoms with Crippen LogP contribution >= 0.6 is 24.0 Å². The minimum Gasteiger partial charge on any atom is -0.454 e. The van der Waals surface area contributed by atoms with Crippen LogP contribution in [0.25, 0.3) is 0 Å². The highest BCUT2D eigenvalue weighted by atomic mass is 127. The monoisotopic (exact) mass is 462 g/mol. The minimum atomic E-state index is -0.559. The molecule has 1 saturated carbocycles. The number of primary amides is 1. The molecule has 1 amide bonds. The zero-order valence-corrected chi connectivity index (χ0v) is 17.8. The summed E-state index contributed by atoms with van der Waals surface area (Å²) in [6.07, 6.45) is 5.15. The summed E-state index contributed by atoms with van der Waals surface area (Å²) in [4.78, 5) is 15.6. The maximum Gasteiger partial charge on any atom is 0.284 e. The molecule has 7 heteroatoms. The van der Waals surface area contributed by atoms with Crippen LogP contribution in [-0.4, -0.2) is 25.0 Å². The van der Waals surface area contributed by atoms with E-state index in [1.807, 2.05) is 6.92 Å². The van der Waals surface area contributed by atoms with E-state index in [-0.39, 0.29) is 29.7 Å². The number of carbonyl (C=O) groups excluding carboxylic acids is 1. The van der Waals surface area contributed by atoms with Gasteiger partial charge in [0.2, 0.25) is 0 Å². The fraction of sp³-hybridized carbons (Fsp3) is 0.667. The molecule has 25 heavy (non-hydrogen) atoms. The zero-order chi connectivity index (χ0) is 17.6. The average molecular weight is 462 g/mol. The summed E-state index contributed by atoms with van der Waals surface area (Å²) in [6, 6.07) is 3.32. The highest BCUT2D eigenvalue weighted by molar-refractivity contribution is 14.0. The Morgan fingerprint density at radius 2 is 2.08 bits per heavy atom. The van der Waals surface area contributed by atoms with Crippen molar-refractivity contribution in [2.24, 2.45) is 22.1 Å². The van der Waals surface area contributed by atoms with Gasteiger partial charge in [-0.1, -0.05) is 20.3 Å². The number of amides is 1. The van der Waals surface area contributed by atoms with E-state index in [2.05, 4.69) is 29.5 Å².